The maximum atomic E-state index is 4.72. The minimum absolute atomic E-state index is 0.513. The number of nitrogens with one attached hydrogen (secondary N) is 3. The number of nitrogens with zero attached hydrogens (tertiary/aromatic N) is 3. The Labute approximate surface area is 139 Å². The number of aromatic nitrogens is 2. The molecule has 0 spiro atoms. The van der Waals surface area contributed by atoms with Crippen molar-refractivity contribution >= 4 is 5.96 Å². The first-order valence-electron chi connectivity index (χ1n) is 9.04. The van der Waals surface area contributed by atoms with Crippen LogP contribution in [0.5, 0.6) is 0 Å². The third-order valence-electron chi connectivity index (χ3n) is 5.09. The predicted molar refractivity (Wildman–Crippen MR) is 93.5 cm³/mol. The van der Waals surface area contributed by atoms with Gasteiger partial charge in [0, 0.05) is 43.0 Å². The highest BCUT2D eigenvalue weighted by molar-refractivity contribution is 5.80. The van der Waals surface area contributed by atoms with Crippen LogP contribution in [0.3, 0.4) is 0 Å². The molecule has 1 saturated carbocycles. The van der Waals surface area contributed by atoms with Crippen molar-refractivity contribution in [2.45, 2.75) is 64.6 Å². The van der Waals surface area contributed by atoms with Crippen LogP contribution in [0.1, 0.15) is 50.3 Å². The summed E-state index contributed by atoms with van der Waals surface area (Å²) in [5, 5.41) is 14.0. The van der Waals surface area contributed by atoms with Crippen molar-refractivity contribution in [1.29, 1.82) is 0 Å². The van der Waals surface area contributed by atoms with Gasteiger partial charge in [0.2, 0.25) is 0 Å². The standard InChI is InChI=1S/C17H30N6/c1-3-18-17(19-10-14-11-20-22-13(14)2)21-15-8-9-23(12-15)16-6-4-5-7-16/h11,15-16H,3-10,12H2,1-2H3,(H,20,22)(H2,18,19,21). The van der Waals surface area contributed by atoms with Crippen LogP contribution in [0.25, 0.3) is 0 Å². The number of rotatable bonds is 5. The molecule has 1 aromatic rings. The summed E-state index contributed by atoms with van der Waals surface area (Å²) >= 11 is 0. The van der Waals surface area contributed by atoms with Crippen LogP contribution in [-0.2, 0) is 6.54 Å². The lowest BCUT2D eigenvalue weighted by molar-refractivity contribution is 0.242. The maximum absolute atomic E-state index is 4.72. The van der Waals surface area contributed by atoms with Crippen LogP contribution in [0.4, 0.5) is 0 Å². The Morgan fingerprint density at radius 2 is 2.22 bits per heavy atom. The zero-order valence-electron chi connectivity index (χ0n) is 14.4. The molecule has 6 nitrogen and oxygen atoms in total. The van der Waals surface area contributed by atoms with E-state index in [1.807, 2.05) is 13.1 Å². The van der Waals surface area contributed by atoms with Crippen molar-refractivity contribution in [3.8, 4) is 0 Å². The molecule has 3 rings (SSSR count). The van der Waals surface area contributed by atoms with Gasteiger partial charge in [-0.3, -0.25) is 10.00 Å². The molecule has 1 aromatic heterocycles. The largest absolute Gasteiger partial charge is 0.357 e. The summed E-state index contributed by atoms with van der Waals surface area (Å²) in [6, 6.07) is 1.34. The average Bonchev–Trinajstić information content (AvgIpc) is 3.26. The van der Waals surface area contributed by atoms with Gasteiger partial charge in [-0.05, 0) is 33.1 Å². The highest BCUT2D eigenvalue weighted by Gasteiger charge is 2.30. The van der Waals surface area contributed by atoms with Gasteiger partial charge >= 0.3 is 0 Å². The van der Waals surface area contributed by atoms with Crippen molar-refractivity contribution in [2.75, 3.05) is 19.6 Å². The van der Waals surface area contributed by atoms with E-state index in [-0.39, 0.29) is 0 Å². The summed E-state index contributed by atoms with van der Waals surface area (Å²) in [6.07, 6.45) is 8.67. The molecule has 0 amide bonds. The number of H-pyrrole nitrogens is 1. The van der Waals surface area contributed by atoms with Gasteiger partial charge in [0.1, 0.15) is 0 Å². The quantitative estimate of drug-likeness (QED) is 0.572. The summed E-state index contributed by atoms with van der Waals surface area (Å²) in [5.74, 6) is 0.923. The van der Waals surface area contributed by atoms with Gasteiger partial charge < -0.3 is 10.6 Å². The Balaban J connectivity index is 1.53. The summed E-state index contributed by atoms with van der Waals surface area (Å²) in [7, 11) is 0. The van der Waals surface area contributed by atoms with E-state index >= 15 is 0 Å². The third kappa shape index (κ3) is 4.25. The van der Waals surface area contributed by atoms with E-state index in [1.54, 1.807) is 0 Å². The number of likely N-dealkylation sites (tertiary alicyclic amines) is 1. The highest BCUT2D eigenvalue weighted by Crippen LogP contribution is 2.26. The molecule has 2 fully saturated rings. The lowest BCUT2D eigenvalue weighted by Crippen LogP contribution is -2.45. The Morgan fingerprint density at radius 1 is 1.39 bits per heavy atom. The van der Waals surface area contributed by atoms with Crippen LogP contribution in [0, 0.1) is 6.92 Å². The van der Waals surface area contributed by atoms with Crippen molar-refractivity contribution in [3.63, 3.8) is 0 Å². The zero-order chi connectivity index (χ0) is 16.1. The molecule has 23 heavy (non-hydrogen) atoms. The van der Waals surface area contributed by atoms with Crippen molar-refractivity contribution in [2.24, 2.45) is 4.99 Å². The van der Waals surface area contributed by atoms with E-state index in [0.29, 0.717) is 12.6 Å². The second-order valence-corrected chi connectivity index (χ2v) is 6.78. The van der Waals surface area contributed by atoms with Crippen LogP contribution in [0.15, 0.2) is 11.2 Å². The van der Waals surface area contributed by atoms with Gasteiger partial charge in [0.25, 0.3) is 0 Å². The number of hydrogen-bond acceptors (Lipinski definition) is 3. The van der Waals surface area contributed by atoms with Gasteiger partial charge in [-0.1, -0.05) is 12.8 Å². The predicted octanol–water partition coefficient (Wildman–Crippen LogP) is 1.79. The molecule has 0 bridgehead atoms. The zero-order valence-corrected chi connectivity index (χ0v) is 14.4. The van der Waals surface area contributed by atoms with Crippen LogP contribution >= 0.6 is 0 Å². The molecule has 0 aromatic carbocycles. The molecule has 2 aliphatic rings. The molecule has 1 aliphatic carbocycles. The summed E-state index contributed by atoms with van der Waals surface area (Å²) in [5.41, 5.74) is 2.25. The van der Waals surface area contributed by atoms with Crippen LogP contribution < -0.4 is 10.6 Å². The number of guanidine groups is 1. The minimum Gasteiger partial charge on any atom is -0.357 e. The fourth-order valence-electron chi connectivity index (χ4n) is 3.72. The Bertz CT molecular complexity index is 517. The van der Waals surface area contributed by atoms with Crippen molar-refractivity contribution in [1.82, 2.24) is 25.7 Å². The van der Waals surface area contributed by atoms with E-state index in [9.17, 15) is 0 Å². The van der Waals surface area contributed by atoms with Gasteiger partial charge in [-0.2, -0.15) is 5.10 Å². The fourth-order valence-corrected chi connectivity index (χ4v) is 3.72. The number of aryl methyl sites for hydroxylation is 1. The Hall–Kier alpha value is -1.56. The molecular formula is C17H30N6. The SMILES string of the molecule is CCNC(=NCc1cn[nH]c1C)NC1CCN(C2CCCC2)C1. The van der Waals surface area contributed by atoms with Crippen LogP contribution in [-0.4, -0.2) is 52.8 Å². The molecule has 1 atom stereocenters. The molecule has 1 saturated heterocycles. The number of aliphatic imine (C=N–C) groups is 1. The normalized spacial score (nSPS) is 23.6. The van der Waals surface area contributed by atoms with E-state index < -0.39 is 0 Å². The van der Waals surface area contributed by atoms with Crippen LogP contribution in [0.2, 0.25) is 0 Å². The third-order valence-corrected chi connectivity index (χ3v) is 5.09. The van der Waals surface area contributed by atoms with Gasteiger partial charge in [-0.15, -0.1) is 0 Å². The molecule has 0 radical (unpaired) electrons. The van der Waals surface area contributed by atoms with Crippen molar-refractivity contribution < 1.29 is 0 Å². The summed E-state index contributed by atoms with van der Waals surface area (Å²) in [4.78, 5) is 7.39. The molecule has 6 heteroatoms. The minimum atomic E-state index is 0.513. The lowest BCUT2D eigenvalue weighted by atomic mass is 10.2. The summed E-state index contributed by atoms with van der Waals surface area (Å²) in [6.45, 7) is 8.07. The Morgan fingerprint density at radius 3 is 2.91 bits per heavy atom. The van der Waals surface area contributed by atoms with Gasteiger partial charge in [0.15, 0.2) is 5.96 Å². The molecule has 2 heterocycles. The molecule has 1 aliphatic heterocycles. The smallest absolute Gasteiger partial charge is 0.191 e. The maximum Gasteiger partial charge on any atom is 0.191 e. The van der Waals surface area contributed by atoms with E-state index in [4.69, 9.17) is 4.99 Å². The monoisotopic (exact) mass is 318 g/mol. The highest BCUT2D eigenvalue weighted by atomic mass is 15.3. The van der Waals surface area contributed by atoms with E-state index in [1.165, 1.54) is 38.6 Å². The average molecular weight is 318 g/mol. The first kappa shape index (κ1) is 16.3. The molecule has 128 valence electrons. The lowest BCUT2D eigenvalue weighted by Gasteiger charge is -2.24. The molecule has 1 unspecified atom stereocenters. The topological polar surface area (TPSA) is 68.3 Å². The first-order chi connectivity index (χ1) is 11.3. The Kier molecular flexibility index (Phi) is 5.54. The van der Waals surface area contributed by atoms with Crippen molar-refractivity contribution in [3.05, 3.63) is 17.5 Å². The van der Waals surface area contributed by atoms with E-state index in [0.717, 1.165) is 36.3 Å². The second kappa shape index (κ2) is 7.81. The summed E-state index contributed by atoms with van der Waals surface area (Å²) < 4.78 is 0. The van der Waals surface area contributed by atoms with Gasteiger partial charge in [-0.25, -0.2) is 4.99 Å². The second-order valence-electron chi connectivity index (χ2n) is 6.78. The molecule has 3 N–H and O–H groups in total. The number of aromatic amines is 1. The number of hydrogen-bond donors (Lipinski definition) is 3. The molecular weight excluding hydrogens is 288 g/mol. The first-order valence-corrected chi connectivity index (χ1v) is 9.04. The van der Waals surface area contributed by atoms with E-state index in [2.05, 4.69) is 32.7 Å². The fraction of sp³-hybridized carbons (Fsp3) is 0.765. The van der Waals surface area contributed by atoms with Gasteiger partial charge in [0.05, 0.1) is 12.7 Å².